The van der Waals surface area contributed by atoms with Gasteiger partial charge >= 0.3 is 0 Å². The van der Waals surface area contributed by atoms with Crippen LogP contribution < -0.4 is 10.3 Å². The van der Waals surface area contributed by atoms with Gasteiger partial charge in [-0.3, -0.25) is 9.36 Å². The van der Waals surface area contributed by atoms with Gasteiger partial charge in [0.05, 0.1) is 18.3 Å². The number of hydrogen-bond acceptors (Lipinski definition) is 5. The minimum atomic E-state index is -0.802. The number of ether oxygens (including phenoxy) is 1. The van der Waals surface area contributed by atoms with Gasteiger partial charge in [0.25, 0.3) is 5.56 Å². The summed E-state index contributed by atoms with van der Waals surface area (Å²) < 4.78 is 7.26. The Labute approximate surface area is 150 Å². The largest absolute Gasteiger partial charge is 0.491 e. The van der Waals surface area contributed by atoms with Gasteiger partial charge in [-0.15, -0.1) is 11.3 Å². The number of thiophene rings is 1. The minimum absolute atomic E-state index is 0.0492. The summed E-state index contributed by atoms with van der Waals surface area (Å²) in [6.07, 6.45) is 0.677. The molecule has 1 atom stereocenters. The predicted octanol–water partition coefficient (Wildman–Crippen LogP) is 3.20. The number of nitrogens with zero attached hydrogens (tertiary/aromatic N) is 2. The molecule has 0 spiro atoms. The molecule has 2 aromatic heterocycles. The molecule has 132 valence electrons. The fourth-order valence-electron chi connectivity index (χ4n) is 2.70. The van der Waals surface area contributed by atoms with Crippen molar-refractivity contribution in [1.29, 1.82) is 0 Å². The van der Waals surface area contributed by atoms with Gasteiger partial charge in [-0.25, -0.2) is 4.98 Å². The number of para-hydroxylation sites is 1. The maximum atomic E-state index is 12.4. The highest BCUT2D eigenvalue weighted by Crippen LogP contribution is 2.30. The number of aromatic nitrogens is 2. The van der Waals surface area contributed by atoms with E-state index in [9.17, 15) is 9.90 Å². The molecule has 0 aliphatic carbocycles. The maximum Gasteiger partial charge on any atom is 0.262 e. The zero-order valence-electron chi connectivity index (χ0n) is 14.6. The number of benzene rings is 1. The molecule has 0 saturated heterocycles. The first kappa shape index (κ1) is 17.6. The lowest BCUT2D eigenvalue weighted by Crippen LogP contribution is -2.30. The summed E-state index contributed by atoms with van der Waals surface area (Å²) in [5, 5.41) is 12.7. The van der Waals surface area contributed by atoms with Crippen molar-refractivity contribution in [3.8, 4) is 5.75 Å². The second kappa shape index (κ2) is 6.98. The smallest absolute Gasteiger partial charge is 0.262 e. The van der Waals surface area contributed by atoms with Crippen LogP contribution in [-0.4, -0.2) is 27.4 Å². The van der Waals surface area contributed by atoms with Gasteiger partial charge in [0.2, 0.25) is 0 Å². The Hall–Kier alpha value is -2.18. The topological polar surface area (TPSA) is 64.3 Å². The normalized spacial score (nSPS) is 13.1. The molecule has 1 aromatic carbocycles. The molecular formula is C19H22N2O3S. The Morgan fingerprint density at radius 1 is 1.28 bits per heavy atom. The first-order valence-electron chi connectivity index (χ1n) is 8.19. The van der Waals surface area contributed by atoms with E-state index in [0.29, 0.717) is 10.2 Å². The molecule has 3 rings (SSSR count). The van der Waals surface area contributed by atoms with Gasteiger partial charge < -0.3 is 9.84 Å². The predicted molar refractivity (Wildman–Crippen MR) is 101 cm³/mol. The van der Waals surface area contributed by atoms with E-state index in [0.717, 1.165) is 11.3 Å². The fraction of sp³-hybridized carbons (Fsp3) is 0.368. The molecular weight excluding hydrogens is 336 g/mol. The van der Waals surface area contributed by atoms with Crippen LogP contribution in [0.5, 0.6) is 5.75 Å². The molecule has 0 bridgehead atoms. The van der Waals surface area contributed by atoms with Crippen LogP contribution in [-0.2, 0) is 12.0 Å². The lowest BCUT2D eigenvalue weighted by Gasteiger charge is -2.23. The minimum Gasteiger partial charge on any atom is -0.491 e. The number of aliphatic hydroxyl groups excluding tert-OH is 1. The summed E-state index contributed by atoms with van der Waals surface area (Å²) >= 11 is 1.43. The van der Waals surface area contributed by atoms with E-state index < -0.39 is 6.10 Å². The first-order chi connectivity index (χ1) is 11.9. The molecule has 3 aromatic rings. The second-order valence-corrected chi connectivity index (χ2v) is 7.95. The monoisotopic (exact) mass is 358 g/mol. The van der Waals surface area contributed by atoms with Crippen molar-refractivity contribution in [3.63, 3.8) is 0 Å². The molecule has 1 unspecified atom stereocenters. The number of aliphatic hydroxyl groups is 1. The van der Waals surface area contributed by atoms with Crippen LogP contribution in [0.2, 0.25) is 0 Å². The molecule has 1 N–H and O–H groups in total. The van der Waals surface area contributed by atoms with Crippen LogP contribution >= 0.6 is 11.3 Å². The third-order valence-corrected chi connectivity index (χ3v) is 4.80. The number of fused-ring (bicyclic) bond motifs is 1. The molecule has 5 nitrogen and oxygen atoms in total. The van der Waals surface area contributed by atoms with E-state index in [1.807, 2.05) is 29.6 Å². The van der Waals surface area contributed by atoms with Gasteiger partial charge in [-0.2, -0.15) is 0 Å². The lowest BCUT2D eigenvalue weighted by molar-refractivity contribution is 0.0905. The third kappa shape index (κ3) is 3.91. The van der Waals surface area contributed by atoms with Gasteiger partial charge in [0.1, 0.15) is 23.3 Å². The average Bonchev–Trinajstić information content (AvgIpc) is 3.04. The highest BCUT2D eigenvalue weighted by molar-refractivity contribution is 7.16. The van der Waals surface area contributed by atoms with Gasteiger partial charge in [0, 0.05) is 0 Å². The van der Waals surface area contributed by atoms with Gasteiger partial charge in [-0.1, -0.05) is 39.0 Å². The fourth-order valence-corrected chi connectivity index (χ4v) is 3.42. The molecule has 0 saturated carbocycles. The SMILES string of the molecule is CC(C)(C)c1ccccc1OCC(O)Cn1cnc2sccc2c1=O. The summed E-state index contributed by atoms with van der Waals surface area (Å²) in [5.41, 5.74) is 0.896. The molecule has 0 fully saturated rings. The van der Waals surface area contributed by atoms with Crippen LogP contribution in [0.1, 0.15) is 26.3 Å². The van der Waals surface area contributed by atoms with Crippen molar-refractivity contribution in [3.05, 3.63) is 58.0 Å². The van der Waals surface area contributed by atoms with Crippen LogP contribution in [0.25, 0.3) is 10.2 Å². The van der Waals surface area contributed by atoms with E-state index in [1.54, 1.807) is 6.07 Å². The van der Waals surface area contributed by atoms with Gasteiger partial charge in [-0.05, 0) is 28.5 Å². The van der Waals surface area contributed by atoms with Crippen molar-refractivity contribution >= 4 is 21.6 Å². The van der Waals surface area contributed by atoms with E-state index in [2.05, 4.69) is 25.8 Å². The second-order valence-electron chi connectivity index (χ2n) is 7.05. The Bertz CT molecular complexity index is 924. The van der Waals surface area contributed by atoms with E-state index in [1.165, 1.54) is 22.2 Å². The summed E-state index contributed by atoms with van der Waals surface area (Å²) in [5.74, 6) is 0.757. The Morgan fingerprint density at radius 2 is 2.04 bits per heavy atom. The first-order valence-corrected chi connectivity index (χ1v) is 9.07. The standard InChI is InChI=1S/C19H22N2O3S/c1-19(2,3)15-6-4-5-7-16(15)24-11-13(22)10-21-12-20-17-14(18(21)23)8-9-25-17/h4-9,12-13,22H,10-11H2,1-3H3. The molecule has 0 aliphatic heterocycles. The van der Waals surface area contributed by atoms with Crippen LogP contribution in [0.15, 0.2) is 46.8 Å². The van der Waals surface area contributed by atoms with Crippen molar-refractivity contribution < 1.29 is 9.84 Å². The van der Waals surface area contributed by atoms with Crippen molar-refractivity contribution in [1.82, 2.24) is 9.55 Å². The highest BCUT2D eigenvalue weighted by atomic mass is 32.1. The highest BCUT2D eigenvalue weighted by Gasteiger charge is 2.19. The third-order valence-electron chi connectivity index (χ3n) is 3.98. The van der Waals surface area contributed by atoms with Crippen LogP contribution in [0, 0.1) is 0 Å². The summed E-state index contributed by atoms with van der Waals surface area (Å²) in [6.45, 7) is 6.61. The molecule has 0 radical (unpaired) electrons. The average molecular weight is 358 g/mol. The Morgan fingerprint density at radius 3 is 2.80 bits per heavy atom. The van der Waals surface area contributed by atoms with Gasteiger partial charge in [0.15, 0.2) is 0 Å². The summed E-state index contributed by atoms with van der Waals surface area (Å²) in [4.78, 5) is 17.3. The summed E-state index contributed by atoms with van der Waals surface area (Å²) in [6, 6.07) is 9.58. The molecule has 25 heavy (non-hydrogen) atoms. The van der Waals surface area contributed by atoms with Crippen LogP contribution in [0.4, 0.5) is 0 Å². The van der Waals surface area contributed by atoms with Crippen molar-refractivity contribution in [2.24, 2.45) is 0 Å². The summed E-state index contributed by atoms with van der Waals surface area (Å²) in [7, 11) is 0. The quantitative estimate of drug-likeness (QED) is 0.761. The van der Waals surface area contributed by atoms with Crippen molar-refractivity contribution in [2.45, 2.75) is 38.8 Å². The molecule has 0 aliphatic rings. The Balaban J connectivity index is 1.70. The maximum absolute atomic E-state index is 12.4. The van der Waals surface area contributed by atoms with Crippen LogP contribution in [0.3, 0.4) is 0 Å². The van der Waals surface area contributed by atoms with E-state index in [4.69, 9.17) is 4.74 Å². The zero-order valence-corrected chi connectivity index (χ0v) is 15.4. The number of hydrogen-bond donors (Lipinski definition) is 1. The van der Waals surface area contributed by atoms with E-state index >= 15 is 0 Å². The molecule has 0 amide bonds. The molecule has 6 heteroatoms. The van der Waals surface area contributed by atoms with E-state index in [-0.39, 0.29) is 24.1 Å². The number of rotatable bonds is 5. The molecule has 2 heterocycles. The Kier molecular flexibility index (Phi) is 4.92. The lowest BCUT2D eigenvalue weighted by atomic mass is 9.86. The van der Waals surface area contributed by atoms with Crippen molar-refractivity contribution in [2.75, 3.05) is 6.61 Å². The zero-order chi connectivity index (χ0) is 18.0.